The van der Waals surface area contributed by atoms with Crippen molar-refractivity contribution >= 4 is 11.8 Å². The normalized spacial score (nSPS) is 22.8. The molecule has 1 atom stereocenters. The number of hydrogen-bond acceptors (Lipinski definition) is 6. The Morgan fingerprint density at radius 2 is 2.04 bits per heavy atom. The Balaban J connectivity index is 1.52. The maximum absolute atomic E-state index is 8.85. The fourth-order valence-corrected chi connectivity index (χ4v) is 3.97. The summed E-state index contributed by atoms with van der Waals surface area (Å²) in [6, 6.07) is 3.47. The van der Waals surface area contributed by atoms with Crippen molar-refractivity contribution in [3.8, 4) is 6.07 Å². The molecule has 0 spiro atoms. The molecule has 0 unspecified atom stereocenters. The maximum atomic E-state index is 8.85. The summed E-state index contributed by atoms with van der Waals surface area (Å²) in [6.07, 6.45) is 12.1. The van der Waals surface area contributed by atoms with E-state index in [1.165, 1.54) is 57.7 Å². The fraction of sp³-hybridized carbons (Fsp3) is 0.706. The number of nitrogens with two attached hydrogens (primary N) is 1. The van der Waals surface area contributed by atoms with E-state index in [9.17, 15) is 0 Å². The van der Waals surface area contributed by atoms with Crippen molar-refractivity contribution in [2.45, 2.75) is 63.5 Å². The van der Waals surface area contributed by atoms with Crippen LogP contribution in [0.3, 0.4) is 0 Å². The summed E-state index contributed by atoms with van der Waals surface area (Å²) >= 11 is 0. The van der Waals surface area contributed by atoms with Gasteiger partial charge < -0.3 is 11.1 Å². The molecule has 0 bridgehead atoms. The predicted octanol–water partition coefficient (Wildman–Crippen LogP) is 2.53. The van der Waals surface area contributed by atoms with Crippen LogP contribution in [-0.4, -0.2) is 40.0 Å². The number of nitrogens with one attached hydrogen (secondary N) is 1. The second-order valence-corrected chi connectivity index (χ2v) is 6.65. The van der Waals surface area contributed by atoms with E-state index in [2.05, 4.69) is 20.2 Å². The molecule has 0 aromatic carbocycles. The zero-order valence-corrected chi connectivity index (χ0v) is 13.7. The summed E-state index contributed by atoms with van der Waals surface area (Å²) in [7, 11) is 0. The van der Waals surface area contributed by atoms with Crippen LogP contribution in [0.25, 0.3) is 0 Å². The van der Waals surface area contributed by atoms with Gasteiger partial charge in [-0.05, 0) is 38.6 Å². The van der Waals surface area contributed by atoms with E-state index in [1.54, 1.807) is 0 Å². The topological polar surface area (TPSA) is 90.9 Å². The number of likely N-dealkylation sites (tertiary alicyclic amines) is 1. The third-order valence-corrected chi connectivity index (χ3v) is 5.17. The van der Waals surface area contributed by atoms with Gasteiger partial charge in [-0.25, -0.2) is 4.98 Å². The largest absolute Gasteiger partial charge is 0.382 e. The van der Waals surface area contributed by atoms with Crippen molar-refractivity contribution in [2.75, 3.05) is 24.1 Å². The molecule has 1 aliphatic heterocycles. The van der Waals surface area contributed by atoms with Gasteiger partial charge in [0, 0.05) is 18.6 Å². The van der Waals surface area contributed by atoms with Crippen molar-refractivity contribution in [1.82, 2.24) is 14.9 Å². The Kier molecular flexibility index (Phi) is 5.29. The van der Waals surface area contributed by atoms with Crippen LogP contribution in [0.4, 0.5) is 11.8 Å². The highest BCUT2D eigenvalue weighted by Gasteiger charge is 2.30. The number of nitriles is 1. The van der Waals surface area contributed by atoms with Crippen molar-refractivity contribution in [3.05, 3.63) is 11.8 Å². The minimum Gasteiger partial charge on any atom is -0.382 e. The number of rotatable bonds is 5. The number of aromatic nitrogens is 2. The van der Waals surface area contributed by atoms with E-state index in [1.807, 2.05) is 6.07 Å². The second-order valence-electron chi connectivity index (χ2n) is 6.65. The minimum atomic E-state index is 0.246. The van der Waals surface area contributed by atoms with Gasteiger partial charge in [0.2, 0.25) is 5.95 Å². The Bertz CT molecular complexity index is 561. The molecule has 1 aromatic rings. The molecule has 1 saturated heterocycles. The minimum absolute atomic E-state index is 0.246. The van der Waals surface area contributed by atoms with Crippen LogP contribution in [0.2, 0.25) is 0 Å². The summed E-state index contributed by atoms with van der Waals surface area (Å²) in [5.41, 5.74) is 6.06. The Hall–Kier alpha value is -1.87. The number of anilines is 2. The van der Waals surface area contributed by atoms with Gasteiger partial charge in [0.25, 0.3) is 0 Å². The Labute approximate surface area is 138 Å². The number of nitrogen functional groups attached to an aromatic ring is 1. The predicted molar refractivity (Wildman–Crippen MR) is 90.9 cm³/mol. The Morgan fingerprint density at radius 3 is 2.78 bits per heavy atom. The second kappa shape index (κ2) is 7.60. The van der Waals surface area contributed by atoms with Gasteiger partial charge >= 0.3 is 0 Å². The zero-order valence-electron chi connectivity index (χ0n) is 13.7. The number of nitrogens with zero attached hydrogens (tertiary/aromatic N) is 4. The van der Waals surface area contributed by atoms with Gasteiger partial charge in [-0.3, -0.25) is 4.90 Å². The van der Waals surface area contributed by atoms with E-state index in [0.29, 0.717) is 17.6 Å². The van der Waals surface area contributed by atoms with Gasteiger partial charge in [-0.15, -0.1) is 0 Å². The molecule has 1 saturated carbocycles. The van der Waals surface area contributed by atoms with E-state index in [-0.39, 0.29) is 5.82 Å². The first-order valence-electron chi connectivity index (χ1n) is 8.80. The summed E-state index contributed by atoms with van der Waals surface area (Å²) in [4.78, 5) is 11.0. The van der Waals surface area contributed by atoms with Crippen molar-refractivity contribution in [1.29, 1.82) is 5.26 Å². The average molecular weight is 314 g/mol. The van der Waals surface area contributed by atoms with Crippen molar-refractivity contribution < 1.29 is 0 Å². The lowest BCUT2D eigenvalue weighted by molar-refractivity contribution is 0.0933. The van der Waals surface area contributed by atoms with Crippen LogP contribution >= 0.6 is 0 Å². The van der Waals surface area contributed by atoms with Gasteiger partial charge in [0.05, 0.1) is 6.20 Å². The molecule has 6 nitrogen and oxygen atoms in total. The third kappa shape index (κ3) is 3.91. The highest BCUT2D eigenvalue weighted by Crippen LogP contribution is 2.30. The van der Waals surface area contributed by atoms with E-state index in [4.69, 9.17) is 11.0 Å². The molecular formula is C17H26N6. The molecule has 3 N–H and O–H groups in total. The zero-order chi connectivity index (χ0) is 16.1. The summed E-state index contributed by atoms with van der Waals surface area (Å²) in [5, 5.41) is 12.1. The lowest BCUT2D eigenvalue weighted by atomic mass is 9.96. The first kappa shape index (κ1) is 16.0. The van der Waals surface area contributed by atoms with Crippen molar-refractivity contribution in [3.63, 3.8) is 0 Å². The van der Waals surface area contributed by atoms with Gasteiger partial charge in [0.1, 0.15) is 17.5 Å². The molecule has 124 valence electrons. The molecule has 0 radical (unpaired) electrons. The van der Waals surface area contributed by atoms with Gasteiger partial charge in [-0.1, -0.05) is 19.3 Å². The first-order chi connectivity index (χ1) is 11.3. The fourth-order valence-electron chi connectivity index (χ4n) is 3.97. The van der Waals surface area contributed by atoms with E-state index < -0.39 is 0 Å². The van der Waals surface area contributed by atoms with Crippen LogP contribution < -0.4 is 11.1 Å². The molecule has 2 heterocycles. The van der Waals surface area contributed by atoms with Crippen LogP contribution in [-0.2, 0) is 0 Å². The molecule has 2 fully saturated rings. The SMILES string of the molecule is N#Cc1cnc(NCC[C@H]2CCCCN2C2CCCC2)nc1N. The number of piperidine rings is 1. The molecule has 23 heavy (non-hydrogen) atoms. The molecule has 2 aliphatic rings. The monoisotopic (exact) mass is 314 g/mol. The van der Waals surface area contributed by atoms with Gasteiger partial charge in [-0.2, -0.15) is 10.2 Å². The van der Waals surface area contributed by atoms with Gasteiger partial charge in [0.15, 0.2) is 0 Å². The molecule has 1 aliphatic carbocycles. The highest BCUT2D eigenvalue weighted by molar-refractivity contribution is 5.49. The van der Waals surface area contributed by atoms with Crippen LogP contribution in [0.15, 0.2) is 6.20 Å². The lowest BCUT2D eigenvalue weighted by Crippen LogP contribution is -2.45. The first-order valence-corrected chi connectivity index (χ1v) is 8.80. The molecule has 6 heteroatoms. The third-order valence-electron chi connectivity index (χ3n) is 5.17. The highest BCUT2D eigenvalue weighted by atomic mass is 15.2. The quantitative estimate of drug-likeness (QED) is 0.868. The smallest absolute Gasteiger partial charge is 0.224 e. The standard InChI is InChI=1S/C17H26N6/c18-11-13-12-21-17(22-16(13)19)20-9-8-15-7-3-4-10-23(15)14-5-1-2-6-14/h12,14-15H,1-10H2,(H3,19,20,21,22)/t15-/m1/s1. The molecule has 0 amide bonds. The number of hydrogen-bond donors (Lipinski definition) is 2. The van der Waals surface area contributed by atoms with Crippen LogP contribution in [0.1, 0.15) is 56.9 Å². The lowest BCUT2D eigenvalue weighted by Gasteiger charge is -2.40. The maximum Gasteiger partial charge on any atom is 0.224 e. The summed E-state index contributed by atoms with van der Waals surface area (Å²) < 4.78 is 0. The molecule has 1 aromatic heterocycles. The average Bonchev–Trinajstić information content (AvgIpc) is 3.10. The van der Waals surface area contributed by atoms with Crippen molar-refractivity contribution in [2.24, 2.45) is 0 Å². The summed E-state index contributed by atoms with van der Waals surface area (Å²) in [6.45, 7) is 2.11. The summed E-state index contributed by atoms with van der Waals surface area (Å²) in [5.74, 6) is 0.764. The van der Waals surface area contributed by atoms with E-state index in [0.717, 1.165) is 19.0 Å². The Morgan fingerprint density at radius 1 is 1.26 bits per heavy atom. The van der Waals surface area contributed by atoms with Crippen LogP contribution in [0, 0.1) is 11.3 Å². The molecule has 3 rings (SSSR count). The van der Waals surface area contributed by atoms with Crippen LogP contribution in [0.5, 0.6) is 0 Å². The van der Waals surface area contributed by atoms with E-state index >= 15 is 0 Å². The molecular weight excluding hydrogens is 288 g/mol.